The predicted octanol–water partition coefficient (Wildman–Crippen LogP) is 2.89. The number of rotatable bonds is 3. The normalized spacial score (nSPS) is 15.2. The average Bonchev–Trinajstić information content (AvgIpc) is 2.82. The predicted molar refractivity (Wildman–Crippen MR) is 92.9 cm³/mol. The number of benzene rings is 1. The number of nitrogens with zero attached hydrogens (tertiary/aromatic N) is 2. The Morgan fingerprint density at radius 3 is 2.35 bits per heavy atom. The SMILES string of the molecule is O=C(C=Cc1ccc([N+](=O)[O-])cc1)NC(=S)N1CCCCCC1. The number of likely N-dealkylation sites (tertiary alicyclic amines) is 1. The van der Waals surface area contributed by atoms with Gasteiger partial charge in [-0.1, -0.05) is 12.8 Å². The minimum Gasteiger partial charge on any atom is -0.349 e. The van der Waals surface area contributed by atoms with E-state index in [1.54, 1.807) is 18.2 Å². The lowest BCUT2D eigenvalue weighted by atomic mass is 10.2. The van der Waals surface area contributed by atoms with Gasteiger partial charge < -0.3 is 4.90 Å². The molecule has 7 heteroatoms. The fourth-order valence-electron chi connectivity index (χ4n) is 2.38. The molecule has 1 saturated heterocycles. The number of carbonyl (C=O) groups excluding carboxylic acids is 1. The van der Waals surface area contributed by atoms with Gasteiger partial charge in [0.2, 0.25) is 5.91 Å². The molecule has 0 unspecified atom stereocenters. The van der Waals surface area contributed by atoms with Crippen LogP contribution in [-0.2, 0) is 4.79 Å². The Labute approximate surface area is 140 Å². The third kappa shape index (κ3) is 5.45. The van der Waals surface area contributed by atoms with Gasteiger partial charge in [0.25, 0.3) is 5.69 Å². The first-order valence-corrected chi connectivity index (χ1v) is 7.99. The smallest absolute Gasteiger partial charge is 0.269 e. The number of nitro groups is 1. The summed E-state index contributed by atoms with van der Waals surface area (Å²) < 4.78 is 0. The molecule has 1 N–H and O–H groups in total. The zero-order valence-corrected chi connectivity index (χ0v) is 13.6. The summed E-state index contributed by atoms with van der Waals surface area (Å²) in [4.78, 5) is 24.1. The minimum absolute atomic E-state index is 0.0222. The molecule has 0 spiro atoms. The molecule has 2 rings (SSSR count). The van der Waals surface area contributed by atoms with Crippen molar-refractivity contribution in [2.75, 3.05) is 13.1 Å². The van der Waals surface area contributed by atoms with Gasteiger partial charge >= 0.3 is 0 Å². The lowest BCUT2D eigenvalue weighted by molar-refractivity contribution is -0.384. The second-order valence-corrected chi connectivity index (χ2v) is 5.76. The Morgan fingerprint density at radius 2 is 1.78 bits per heavy atom. The van der Waals surface area contributed by atoms with Crippen LogP contribution in [0.25, 0.3) is 6.08 Å². The monoisotopic (exact) mass is 333 g/mol. The maximum atomic E-state index is 11.9. The van der Waals surface area contributed by atoms with Gasteiger partial charge in [-0.15, -0.1) is 0 Å². The lowest BCUT2D eigenvalue weighted by Crippen LogP contribution is -2.42. The first-order valence-electron chi connectivity index (χ1n) is 7.59. The highest BCUT2D eigenvalue weighted by molar-refractivity contribution is 7.80. The second kappa shape index (κ2) is 8.38. The van der Waals surface area contributed by atoms with E-state index in [4.69, 9.17) is 12.2 Å². The molecule has 1 aliphatic rings. The van der Waals surface area contributed by atoms with Crippen molar-refractivity contribution in [3.05, 3.63) is 46.0 Å². The van der Waals surface area contributed by atoms with Crippen LogP contribution < -0.4 is 5.32 Å². The van der Waals surface area contributed by atoms with Gasteiger partial charge in [-0.25, -0.2) is 0 Å². The van der Waals surface area contributed by atoms with Crippen molar-refractivity contribution in [3.63, 3.8) is 0 Å². The van der Waals surface area contributed by atoms with Crippen LogP contribution >= 0.6 is 12.2 Å². The van der Waals surface area contributed by atoms with Crippen LogP contribution in [-0.4, -0.2) is 33.9 Å². The molecule has 0 saturated carbocycles. The van der Waals surface area contributed by atoms with Crippen LogP contribution in [0.15, 0.2) is 30.3 Å². The molecule has 6 nitrogen and oxygen atoms in total. The van der Waals surface area contributed by atoms with Gasteiger partial charge in [-0.05, 0) is 48.8 Å². The van der Waals surface area contributed by atoms with Crippen molar-refractivity contribution in [2.24, 2.45) is 0 Å². The molecule has 1 aromatic rings. The molecule has 122 valence electrons. The first-order chi connectivity index (χ1) is 11.1. The zero-order chi connectivity index (χ0) is 16.7. The molecule has 1 aliphatic heterocycles. The van der Waals surface area contributed by atoms with Gasteiger partial charge in [-0.3, -0.25) is 20.2 Å². The molecular formula is C16H19N3O3S. The fourth-order valence-corrected chi connectivity index (χ4v) is 2.66. The van der Waals surface area contributed by atoms with E-state index in [0.717, 1.165) is 25.9 Å². The lowest BCUT2D eigenvalue weighted by Gasteiger charge is -2.22. The van der Waals surface area contributed by atoms with Crippen LogP contribution in [0.4, 0.5) is 5.69 Å². The van der Waals surface area contributed by atoms with Crippen LogP contribution in [0.2, 0.25) is 0 Å². The number of hydrogen-bond acceptors (Lipinski definition) is 4. The molecular weight excluding hydrogens is 314 g/mol. The molecule has 1 fully saturated rings. The van der Waals surface area contributed by atoms with E-state index in [9.17, 15) is 14.9 Å². The van der Waals surface area contributed by atoms with Crippen molar-refractivity contribution in [3.8, 4) is 0 Å². The maximum absolute atomic E-state index is 11.9. The Morgan fingerprint density at radius 1 is 1.17 bits per heavy atom. The fraction of sp³-hybridized carbons (Fsp3) is 0.375. The quantitative estimate of drug-likeness (QED) is 0.398. The molecule has 23 heavy (non-hydrogen) atoms. The molecule has 0 radical (unpaired) electrons. The van der Waals surface area contributed by atoms with Crippen molar-refractivity contribution in [2.45, 2.75) is 25.7 Å². The zero-order valence-electron chi connectivity index (χ0n) is 12.7. The van der Waals surface area contributed by atoms with Crippen LogP contribution in [0.3, 0.4) is 0 Å². The Bertz CT molecular complexity index is 606. The van der Waals surface area contributed by atoms with Gasteiger partial charge in [0.15, 0.2) is 5.11 Å². The molecule has 1 heterocycles. The molecule has 1 amide bonds. The number of amides is 1. The van der Waals surface area contributed by atoms with Crippen molar-refractivity contribution in [1.29, 1.82) is 0 Å². The number of hydrogen-bond donors (Lipinski definition) is 1. The Balaban J connectivity index is 1.87. The average molecular weight is 333 g/mol. The van der Waals surface area contributed by atoms with Crippen molar-refractivity contribution >= 4 is 35.0 Å². The van der Waals surface area contributed by atoms with E-state index in [1.165, 1.54) is 31.1 Å². The summed E-state index contributed by atoms with van der Waals surface area (Å²) in [5, 5.41) is 13.7. The molecule has 0 aliphatic carbocycles. The van der Waals surface area contributed by atoms with Gasteiger partial charge in [0.1, 0.15) is 0 Å². The van der Waals surface area contributed by atoms with Crippen LogP contribution in [0, 0.1) is 10.1 Å². The van der Waals surface area contributed by atoms with Crippen LogP contribution in [0.5, 0.6) is 0 Å². The van der Waals surface area contributed by atoms with Crippen LogP contribution in [0.1, 0.15) is 31.2 Å². The van der Waals surface area contributed by atoms with Gasteiger partial charge in [0, 0.05) is 31.3 Å². The molecule has 0 bridgehead atoms. The highest BCUT2D eigenvalue weighted by Gasteiger charge is 2.13. The highest BCUT2D eigenvalue weighted by atomic mass is 32.1. The largest absolute Gasteiger partial charge is 0.349 e. The number of nitro benzene ring substituents is 1. The van der Waals surface area contributed by atoms with E-state index in [-0.39, 0.29) is 11.6 Å². The van der Waals surface area contributed by atoms with Gasteiger partial charge in [0.05, 0.1) is 4.92 Å². The van der Waals surface area contributed by atoms with E-state index in [1.807, 2.05) is 4.90 Å². The molecule has 0 atom stereocenters. The number of non-ortho nitro benzene ring substituents is 1. The third-order valence-corrected chi connectivity index (χ3v) is 4.01. The van der Waals surface area contributed by atoms with E-state index in [0.29, 0.717) is 10.7 Å². The number of nitrogens with one attached hydrogen (secondary N) is 1. The summed E-state index contributed by atoms with van der Waals surface area (Å²) in [5.74, 6) is -0.294. The number of thiocarbonyl (C=S) groups is 1. The molecule has 0 aromatic heterocycles. The Kier molecular flexibility index (Phi) is 6.22. The minimum atomic E-state index is -0.459. The third-order valence-electron chi connectivity index (χ3n) is 3.65. The maximum Gasteiger partial charge on any atom is 0.269 e. The summed E-state index contributed by atoms with van der Waals surface area (Å²) >= 11 is 5.27. The standard InChI is InChI=1S/C16H19N3O3S/c20-15(17-16(23)18-11-3-1-2-4-12-18)10-7-13-5-8-14(9-6-13)19(21)22/h5-10H,1-4,11-12H2,(H,17,20,23). The topological polar surface area (TPSA) is 75.5 Å². The number of carbonyl (C=O) groups is 1. The first kappa shape index (κ1) is 17.1. The summed E-state index contributed by atoms with van der Waals surface area (Å²) in [6.07, 6.45) is 7.57. The van der Waals surface area contributed by atoms with Gasteiger partial charge in [-0.2, -0.15) is 0 Å². The van der Waals surface area contributed by atoms with E-state index >= 15 is 0 Å². The highest BCUT2D eigenvalue weighted by Crippen LogP contribution is 2.13. The summed E-state index contributed by atoms with van der Waals surface area (Å²) in [6, 6.07) is 5.99. The van der Waals surface area contributed by atoms with E-state index in [2.05, 4.69) is 5.32 Å². The van der Waals surface area contributed by atoms with Crippen molar-refractivity contribution in [1.82, 2.24) is 10.2 Å². The summed E-state index contributed by atoms with van der Waals surface area (Å²) in [6.45, 7) is 1.76. The summed E-state index contributed by atoms with van der Waals surface area (Å²) in [5.41, 5.74) is 0.736. The molecule has 1 aromatic carbocycles. The van der Waals surface area contributed by atoms with Crippen molar-refractivity contribution < 1.29 is 9.72 Å². The summed E-state index contributed by atoms with van der Waals surface area (Å²) in [7, 11) is 0. The second-order valence-electron chi connectivity index (χ2n) is 5.38. The van der Waals surface area contributed by atoms with E-state index < -0.39 is 4.92 Å². The Hall–Kier alpha value is -2.28.